The number of hydrogen-bond donors (Lipinski definition) is 2. The van der Waals surface area contributed by atoms with Gasteiger partial charge in [0, 0.05) is 24.7 Å². The molecule has 3 aromatic rings. The Hall–Kier alpha value is -3.38. The first-order valence-electron chi connectivity index (χ1n) is 13.1. The highest BCUT2D eigenvalue weighted by molar-refractivity contribution is 5.95. The van der Waals surface area contributed by atoms with Crippen LogP contribution in [0.15, 0.2) is 72.0 Å². The van der Waals surface area contributed by atoms with E-state index in [1.165, 1.54) is 37.2 Å². The molecule has 37 heavy (non-hydrogen) atoms. The van der Waals surface area contributed by atoms with Gasteiger partial charge in [0.05, 0.1) is 5.52 Å². The monoisotopic (exact) mass is 501 g/mol. The zero-order valence-corrected chi connectivity index (χ0v) is 22.8. The van der Waals surface area contributed by atoms with Gasteiger partial charge < -0.3 is 10.6 Å². The number of anilines is 1. The average Bonchev–Trinajstić information content (AvgIpc) is 2.89. The van der Waals surface area contributed by atoms with E-state index >= 15 is 0 Å². The fourth-order valence-electron chi connectivity index (χ4n) is 3.95. The fourth-order valence-corrected chi connectivity index (χ4v) is 3.95. The van der Waals surface area contributed by atoms with Crippen molar-refractivity contribution >= 4 is 22.4 Å². The summed E-state index contributed by atoms with van der Waals surface area (Å²) in [7, 11) is 1.77. The summed E-state index contributed by atoms with van der Waals surface area (Å²) < 4.78 is 13.4. The van der Waals surface area contributed by atoms with Crippen LogP contribution in [0.1, 0.15) is 52.0 Å². The molecule has 1 unspecified atom stereocenters. The summed E-state index contributed by atoms with van der Waals surface area (Å²) in [6.07, 6.45) is 7.84. The number of nitrogens with zero attached hydrogens (tertiary/aromatic N) is 3. The van der Waals surface area contributed by atoms with Gasteiger partial charge in [-0.1, -0.05) is 52.0 Å². The predicted octanol–water partition coefficient (Wildman–Crippen LogP) is 7.18. The van der Waals surface area contributed by atoms with E-state index in [1.54, 1.807) is 25.5 Å². The summed E-state index contributed by atoms with van der Waals surface area (Å²) in [5.41, 5.74) is 5.95. The summed E-state index contributed by atoms with van der Waals surface area (Å²) >= 11 is 0. The van der Waals surface area contributed by atoms with Crippen LogP contribution in [0.25, 0.3) is 22.0 Å². The van der Waals surface area contributed by atoms with E-state index < -0.39 is 0 Å². The van der Waals surface area contributed by atoms with Crippen molar-refractivity contribution in [3.8, 4) is 11.1 Å². The van der Waals surface area contributed by atoms with Gasteiger partial charge in [-0.15, -0.1) is 0 Å². The number of benzene rings is 2. The third-order valence-corrected chi connectivity index (χ3v) is 6.93. The van der Waals surface area contributed by atoms with Crippen LogP contribution in [-0.4, -0.2) is 42.4 Å². The molecule has 1 aromatic heterocycles. The van der Waals surface area contributed by atoms with E-state index in [0.29, 0.717) is 12.5 Å². The van der Waals surface area contributed by atoms with Gasteiger partial charge in [0.1, 0.15) is 18.0 Å². The number of rotatable bonds is 9. The Kier molecular flexibility index (Phi) is 10.5. The van der Waals surface area contributed by atoms with Crippen molar-refractivity contribution in [3.05, 3.63) is 78.4 Å². The molecule has 0 saturated carbocycles. The Morgan fingerprint density at radius 1 is 1.16 bits per heavy atom. The minimum absolute atomic E-state index is 0.243. The third kappa shape index (κ3) is 7.80. The topological polar surface area (TPSA) is 62.2 Å². The van der Waals surface area contributed by atoms with Crippen molar-refractivity contribution in [2.75, 3.05) is 32.0 Å². The lowest BCUT2D eigenvalue weighted by molar-refractivity contribution is 0.339. The maximum absolute atomic E-state index is 13.4. The van der Waals surface area contributed by atoms with Crippen LogP contribution in [0, 0.1) is 11.7 Å². The largest absolute Gasteiger partial charge is 0.365 e. The molecule has 1 aliphatic heterocycles. The Labute approximate surface area is 221 Å². The Bertz CT molecular complexity index is 1240. The van der Waals surface area contributed by atoms with Crippen LogP contribution in [0.2, 0.25) is 0 Å². The van der Waals surface area contributed by atoms with Gasteiger partial charge in [0.2, 0.25) is 0 Å². The van der Waals surface area contributed by atoms with E-state index in [9.17, 15) is 4.39 Å². The van der Waals surface area contributed by atoms with Crippen molar-refractivity contribution < 1.29 is 4.39 Å². The maximum atomic E-state index is 13.4. The van der Waals surface area contributed by atoms with Crippen LogP contribution in [-0.2, 0) is 0 Å². The molecule has 0 spiro atoms. The number of hydrogen-bond acceptors (Lipinski definition) is 5. The number of aliphatic imine (C=N–C) groups is 1. The summed E-state index contributed by atoms with van der Waals surface area (Å²) in [6, 6.07) is 10.8. The number of fused-ring (bicyclic) bond motifs is 1. The highest BCUT2D eigenvalue weighted by Gasteiger charge is 2.15. The van der Waals surface area contributed by atoms with Crippen LogP contribution in [0.3, 0.4) is 0 Å². The van der Waals surface area contributed by atoms with Gasteiger partial charge in [-0.3, -0.25) is 4.99 Å². The molecule has 0 aliphatic carbocycles. The smallest absolute Gasteiger partial charge is 0.137 e. The molecule has 1 saturated heterocycles. The Morgan fingerprint density at radius 2 is 1.89 bits per heavy atom. The van der Waals surface area contributed by atoms with Crippen LogP contribution < -0.4 is 10.6 Å². The summed E-state index contributed by atoms with van der Waals surface area (Å²) in [6.45, 7) is 15.7. The molecule has 1 atom stereocenters. The Morgan fingerprint density at radius 3 is 2.46 bits per heavy atom. The molecule has 4 rings (SSSR count). The third-order valence-electron chi connectivity index (χ3n) is 6.93. The molecule has 6 heteroatoms. The zero-order chi connectivity index (χ0) is 26.8. The average molecular weight is 502 g/mol. The second-order valence-electron chi connectivity index (χ2n) is 9.64. The summed E-state index contributed by atoms with van der Waals surface area (Å²) in [5.74, 6) is 1.85. The first-order valence-corrected chi connectivity index (χ1v) is 13.1. The molecule has 0 amide bonds. The van der Waals surface area contributed by atoms with Crippen molar-refractivity contribution in [3.63, 3.8) is 0 Å². The molecule has 1 aliphatic rings. The van der Waals surface area contributed by atoms with Gasteiger partial charge >= 0.3 is 0 Å². The highest BCUT2D eigenvalue weighted by atomic mass is 19.1. The molecule has 2 heterocycles. The lowest BCUT2D eigenvalue weighted by Gasteiger charge is -2.25. The van der Waals surface area contributed by atoms with E-state index in [4.69, 9.17) is 0 Å². The fraction of sp³-hybridized carbons (Fsp3) is 0.387. The molecule has 2 aromatic carbocycles. The van der Waals surface area contributed by atoms with E-state index in [-0.39, 0.29) is 5.82 Å². The quantitative estimate of drug-likeness (QED) is 0.241. The number of aromatic nitrogens is 2. The zero-order valence-electron chi connectivity index (χ0n) is 22.8. The lowest BCUT2D eigenvalue weighted by atomic mass is 9.91. The van der Waals surface area contributed by atoms with Crippen molar-refractivity contribution in [1.29, 1.82) is 0 Å². The van der Waals surface area contributed by atoms with Crippen LogP contribution in [0.4, 0.5) is 10.2 Å². The van der Waals surface area contributed by atoms with Gasteiger partial charge in [0.15, 0.2) is 0 Å². The maximum Gasteiger partial charge on any atom is 0.137 e. The summed E-state index contributed by atoms with van der Waals surface area (Å²) in [5, 5.41) is 7.56. The van der Waals surface area contributed by atoms with E-state index in [0.717, 1.165) is 51.5 Å². The second-order valence-corrected chi connectivity index (χ2v) is 9.64. The van der Waals surface area contributed by atoms with Crippen molar-refractivity contribution in [1.82, 2.24) is 15.3 Å². The van der Waals surface area contributed by atoms with Gasteiger partial charge in [-0.05, 0) is 90.9 Å². The minimum atomic E-state index is -0.243. The molecule has 196 valence electrons. The highest BCUT2D eigenvalue weighted by Crippen LogP contribution is 2.34. The molecule has 0 bridgehead atoms. The second kappa shape index (κ2) is 13.8. The molecule has 2 N–H and O–H groups in total. The molecular weight excluding hydrogens is 461 g/mol. The van der Waals surface area contributed by atoms with Gasteiger partial charge in [-0.25, -0.2) is 14.4 Å². The SMILES string of the molecule is C=C(/C=C\C(C)=NC)CNc1ncnc2c(C(C)CC)cc(-c3ccc(F)cc3)cc12.CCC1CNC1. The standard InChI is InChI=1S/C26H29FN4.C5H11N/c1-6-18(3)23-13-21(20-9-11-22(27)12-10-20)14-24-25(23)30-16-31-26(24)29-15-17(2)7-8-19(4)28-5;1-2-5-3-6-4-5/h7-14,16,18H,2,6,15H2,1,3-5H3,(H,29,30,31);5-6H,2-4H2,1H3/b8-7-,28-19?;. The normalized spacial score (nSPS) is 14.7. The number of halogens is 1. The molecular formula is C31H40FN5. The van der Waals surface area contributed by atoms with Crippen molar-refractivity contribution in [2.24, 2.45) is 10.9 Å². The summed E-state index contributed by atoms with van der Waals surface area (Å²) in [4.78, 5) is 13.2. The number of nitrogens with one attached hydrogen (secondary N) is 2. The minimum Gasteiger partial charge on any atom is -0.365 e. The van der Waals surface area contributed by atoms with Crippen molar-refractivity contribution in [2.45, 2.75) is 46.5 Å². The van der Waals surface area contributed by atoms with Gasteiger partial charge in [-0.2, -0.15) is 0 Å². The predicted molar refractivity (Wildman–Crippen MR) is 156 cm³/mol. The lowest BCUT2D eigenvalue weighted by Crippen LogP contribution is -2.41. The van der Waals surface area contributed by atoms with E-state index in [2.05, 4.69) is 65.1 Å². The van der Waals surface area contributed by atoms with Crippen LogP contribution in [0.5, 0.6) is 0 Å². The molecule has 0 radical (unpaired) electrons. The van der Waals surface area contributed by atoms with Crippen LogP contribution >= 0.6 is 0 Å². The molecule has 5 nitrogen and oxygen atoms in total. The first-order chi connectivity index (χ1) is 17.9. The first kappa shape index (κ1) is 28.2. The van der Waals surface area contributed by atoms with Gasteiger partial charge in [0.25, 0.3) is 0 Å². The Balaban J connectivity index is 0.000000555. The number of allylic oxidation sites excluding steroid dienone is 1. The molecule has 1 fully saturated rings. The van der Waals surface area contributed by atoms with E-state index in [1.807, 2.05) is 19.1 Å².